The molecule has 0 amide bonds. The topological polar surface area (TPSA) is 60.7 Å². The zero-order chi connectivity index (χ0) is 20.5. The SMILES string of the molecule is COC(=O)C1=C(C)N=c2sc(=Cc3ccccc3C)c(=O)n2C1c1ccccc1. The molecule has 5 nitrogen and oxygen atoms in total. The van der Waals surface area contributed by atoms with E-state index >= 15 is 0 Å². The first kappa shape index (κ1) is 19.1. The zero-order valence-electron chi connectivity index (χ0n) is 16.4. The number of carbonyl (C=O) groups is 1. The van der Waals surface area contributed by atoms with Gasteiger partial charge < -0.3 is 4.74 Å². The van der Waals surface area contributed by atoms with Crippen LogP contribution in [0.25, 0.3) is 6.08 Å². The molecule has 29 heavy (non-hydrogen) atoms. The maximum atomic E-state index is 13.4. The number of methoxy groups -OCH3 is 1. The number of aromatic nitrogens is 1. The van der Waals surface area contributed by atoms with Crippen molar-refractivity contribution in [3.8, 4) is 0 Å². The average Bonchev–Trinajstić information content (AvgIpc) is 3.03. The zero-order valence-corrected chi connectivity index (χ0v) is 17.2. The number of hydrogen-bond donors (Lipinski definition) is 0. The lowest BCUT2D eigenvalue weighted by molar-refractivity contribution is -0.136. The predicted molar refractivity (Wildman–Crippen MR) is 113 cm³/mol. The normalized spacial score (nSPS) is 16.4. The van der Waals surface area contributed by atoms with Crippen LogP contribution in [0.5, 0.6) is 0 Å². The molecule has 1 atom stereocenters. The maximum absolute atomic E-state index is 13.4. The van der Waals surface area contributed by atoms with Gasteiger partial charge in [0.25, 0.3) is 5.56 Å². The van der Waals surface area contributed by atoms with Gasteiger partial charge in [0.15, 0.2) is 4.80 Å². The van der Waals surface area contributed by atoms with Gasteiger partial charge in [-0.05, 0) is 36.6 Å². The molecular formula is C23H20N2O3S. The first-order valence-electron chi connectivity index (χ1n) is 9.22. The lowest BCUT2D eigenvalue weighted by atomic mass is 9.96. The Bertz CT molecular complexity index is 1300. The van der Waals surface area contributed by atoms with Gasteiger partial charge in [0.1, 0.15) is 0 Å². The van der Waals surface area contributed by atoms with Crippen molar-refractivity contribution in [1.82, 2.24) is 4.57 Å². The van der Waals surface area contributed by atoms with Crippen LogP contribution in [0.15, 0.2) is 75.7 Å². The van der Waals surface area contributed by atoms with Crippen LogP contribution in [0.3, 0.4) is 0 Å². The minimum Gasteiger partial charge on any atom is -0.466 e. The summed E-state index contributed by atoms with van der Waals surface area (Å²) in [6.45, 7) is 3.79. The predicted octanol–water partition coefficient (Wildman–Crippen LogP) is 2.72. The molecule has 0 fully saturated rings. The molecule has 1 unspecified atom stereocenters. The molecule has 146 valence electrons. The summed E-state index contributed by atoms with van der Waals surface area (Å²) in [6.07, 6.45) is 1.89. The number of ether oxygens (including phenoxy) is 1. The number of allylic oxidation sites excluding steroid dienone is 1. The molecule has 0 saturated carbocycles. The fourth-order valence-corrected chi connectivity index (χ4v) is 4.57. The van der Waals surface area contributed by atoms with E-state index in [0.29, 0.717) is 20.6 Å². The van der Waals surface area contributed by atoms with Gasteiger partial charge in [-0.1, -0.05) is 65.9 Å². The lowest BCUT2D eigenvalue weighted by Gasteiger charge is -2.24. The van der Waals surface area contributed by atoms with Crippen LogP contribution < -0.4 is 14.9 Å². The second-order valence-electron chi connectivity index (χ2n) is 6.84. The second-order valence-corrected chi connectivity index (χ2v) is 7.85. The molecular weight excluding hydrogens is 384 g/mol. The fourth-order valence-electron chi connectivity index (χ4n) is 3.53. The van der Waals surface area contributed by atoms with Crippen molar-refractivity contribution >= 4 is 23.4 Å². The Morgan fingerprint density at radius 2 is 1.79 bits per heavy atom. The summed E-state index contributed by atoms with van der Waals surface area (Å²) in [6, 6.07) is 16.8. The number of aryl methyl sites for hydroxylation is 1. The van der Waals surface area contributed by atoms with Crippen LogP contribution in [0.4, 0.5) is 0 Å². The summed E-state index contributed by atoms with van der Waals surface area (Å²) in [5.74, 6) is -0.478. The molecule has 0 bridgehead atoms. The number of rotatable bonds is 3. The van der Waals surface area contributed by atoms with Gasteiger partial charge in [-0.2, -0.15) is 0 Å². The fraction of sp³-hybridized carbons (Fsp3) is 0.174. The smallest absolute Gasteiger partial charge is 0.338 e. The van der Waals surface area contributed by atoms with Gasteiger partial charge in [-0.25, -0.2) is 9.79 Å². The summed E-state index contributed by atoms with van der Waals surface area (Å²) < 4.78 is 7.19. The van der Waals surface area contributed by atoms with Crippen molar-refractivity contribution < 1.29 is 9.53 Å². The van der Waals surface area contributed by atoms with Gasteiger partial charge in [0, 0.05) is 0 Å². The highest BCUT2D eigenvalue weighted by Gasteiger charge is 2.32. The van der Waals surface area contributed by atoms with Gasteiger partial charge in [-0.15, -0.1) is 0 Å². The molecule has 0 N–H and O–H groups in total. The summed E-state index contributed by atoms with van der Waals surface area (Å²) in [5.41, 5.74) is 3.69. The Labute approximate surface area is 171 Å². The first-order valence-corrected chi connectivity index (χ1v) is 10.0. The highest BCUT2D eigenvalue weighted by atomic mass is 32.1. The minimum atomic E-state index is -0.570. The Hall–Kier alpha value is -3.25. The second kappa shape index (κ2) is 7.64. The van der Waals surface area contributed by atoms with E-state index in [-0.39, 0.29) is 5.56 Å². The van der Waals surface area contributed by atoms with E-state index in [1.54, 1.807) is 11.5 Å². The first-order chi connectivity index (χ1) is 14.0. The molecule has 3 aromatic rings. The van der Waals surface area contributed by atoms with Gasteiger partial charge in [-0.3, -0.25) is 9.36 Å². The molecule has 4 rings (SSSR count). The van der Waals surface area contributed by atoms with Crippen molar-refractivity contribution in [1.29, 1.82) is 0 Å². The summed E-state index contributed by atoms with van der Waals surface area (Å²) in [5, 5.41) is 0. The number of benzene rings is 2. The van der Waals surface area contributed by atoms with E-state index in [9.17, 15) is 9.59 Å². The summed E-state index contributed by atoms with van der Waals surface area (Å²) in [7, 11) is 1.34. The molecule has 1 aromatic heterocycles. The van der Waals surface area contributed by atoms with Crippen molar-refractivity contribution in [3.63, 3.8) is 0 Å². The number of hydrogen-bond acceptors (Lipinski definition) is 5. The molecule has 6 heteroatoms. The van der Waals surface area contributed by atoms with Crippen molar-refractivity contribution in [2.24, 2.45) is 4.99 Å². The van der Waals surface area contributed by atoms with Crippen LogP contribution >= 0.6 is 11.3 Å². The van der Waals surface area contributed by atoms with Gasteiger partial charge >= 0.3 is 5.97 Å². The van der Waals surface area contributed by atoms with E-state index in [2.05, 4.69) is 4.99 Å². The molecule has 0 aliphatic carbocycles. The Morgan fingerprint density at radius 3 is 2.48 bits per heavy atom. The highest BCUT2D eigenvalue weighted by Crippen LogP contribution is 2.30. The van der Waals surface area contributed by atoms with E-state index in [0.717, 1.165) is 16.7 Å². The maximum Gasteiger partial charge on any atom is 0.338 e. The number of carbonyl (C=O) groups excluding carboxylic acids is 1. The van der Waals surface area contributed by atoms with Gasteiger partial charge in [0.2, 0.25) is 0 Å². The van der Waals surface area contributed by atoms with Crippen LogP contribution in [0.2, 0.25) is 0 Å². The number of thiazole rings is 1. The lowest BCUT2D eigenvalue weighted by Crippen LogP contribution is -2.39. The number of esters is 1. The Balaban J connectivity index is 2.00. The van der Waals surface area contributed by atoms with E-state index < -0.39 is 12.0 Å². The highest BCUT2D eigenvalue weighted by molar-refractivity contribution is 7.07. The molecule has 2 aromatic carbocycles. The largest absolute Gasteiger partial charge is 0.466 e. The van der Waals surface area contributed by atoms with Crippen molar-refractivity contribution in [2.75, 3.05) is 7.11 Å². The van der Waals surface area contributed by atoms with Crippen LogP contribution in [0.1, 0.15) is 29.7 Å². The van der Waals surface area contributed by atoms with Crippen LogP contribution in [-0.4, -0.2) is 17.6 Å². The van der Waals surface area contributed by atoms with E-state index in [1.807, 2.05) is 67.6 Å². The van der Waals surface area contributed by atoms with Crippen molar-refractivity contribution in [3.05, 3.63) is 102 Å². The molecule has 2 heterocycles. The molecule has 1 aliphatic rings. The van der Waals surface area contributed by atoms with Crippen LogP contribution in [-0.2, 0) is 9.53 Å². The third-order valence-electron chi connectivity index (χ3n) is 5.02. The molecule has 0 spiro atoms. The molecule has 1 aliphatic heterocycles. The third kappa shape index (κ3) is 3.36. The number of nitrogens with zero attached hydrogens (tertiary/aromatic N) is 2. The Morgan fingerprint density at radius 1 is 1.10 bits per heavy atom. The molecule has 0 radical (unpaired) electrons. The number of fused-ring (bicyclic) bond motifs is 1. The molecule has 0 saturated heterocycles. The van der Waals surface area contributed by atoms with Crippen molar-refractivity contribution in [2.45, 2.75) is 19.9 Å². The van der Waals surface area contributed by atoms with E-state index in [1.165, 1.54) is 18.4 Å². The monoisotopic (exact) mass is 404 g/mol. The Kier molecular flexibility index (Phi) is 5.03. The van der Waals surface area contributed by atoms with Gasteiger partial charge in [0.05, 0.1) is 29.0 Å². The minimum absolute atomic E-state index is 0.167. The average molecular weight is 404 g/mol. The standard InChI is InChI=1S/C23H20N2O3S/c1-14-9-7-8-12-17(14)13-18-21(26)25-20(16-10-5-4-6-11-16)19(22(27)28-3)15(2)24-23(25)29-18/h4-13,20H,1-3H3. The summed E-state index contributed by atoms with van der Waals surface area (Å²) in [4.78, 5) is 31.1. The van der Waals surface area contributed by atoms with Crippen LogP contribution in [0, 0.1) is 6.92 Å². The quantitative estimate of drug-likeness (QED) is 0.631. The summed E-state index contributed by atoms with van der Waals surface area (Å²) >= 11 is 1.33. The third-order valence-corrected chi connectivity index (χ3v) is 6.00. The van der Waals surface area contributed by atoms with E-state index in [4.69, 9.17) is 4.74 Å².